The summed E-state index contributed by atoms with van der Waals surface area (Å²) in [6, 6.07) is 0. The summed E-state index contributed by atoms with van der Waals surface area (Å²) < 4.78 is 4.17. The topological polar surface area (TPSA) is 107 Å². The average molecular weight is 182 g/mol. The maximum Gasteiger partial charge on any atom is 0.668 e. The fourth-order valence-electron chi connectivity index (χ4n) is 0.117. The third kappa shape index (κ3) is 95.2. The van der Waals surface area contributed by atoms with E-state index < -0.39 is 9.05 Å². The van der Waals surface area contributed by atoms with Gasteiger partial charge in [0.2, 0.25) is 0 Å². The van der Waals surface area contributed by atoms with E-state index in [1.807, 2.05) is 0 Å². The summed E-state index contributed by atoms with van der Waals surface area (Å²) in [5, 5.41) is 0. The van der Waals surface area contributed by atoms with E-state index in [2.05, 4.69) is 11.3 Å². The molecule has 0 unspecified atom stereocenters. The van der Waals surface area contributed by atoms with E-state index >= 15 is 0 Å². The van der Waals surface area contributed by atoms with Crippen LogP contribution in [0.1, 0.15) is 6.92 Å². The van der Waals surface area contributed by atoms with E-state index in [4.69, 9.17) is 19.2 Å². The molecule has 6 nitrogen and oxygen atoms in total. The van der Waals surface area contributed by atoms with Crippen molar-refractivity contribution in [2.45, 2.75) is 6.92 Å². The van der Waals surface area contributed by atoms with Crippen molar-refractivity contribution in [3.05, 3.63) is 12.8 Å². The van der Waals surface area contributed by atoms with Gasteiger partial charge in [0.25, 0.3) is 0 Å². The first-order chi connectivity index (χ1) is 4.77. The summed E-state index contributed by atoms with van der Waals surface area (Å²) in [6.45, 7) is 4.48. The third-order valence-corrected chi connectivity index (χ3v) is 0.249. The third-order valence-electron chi connectivity index (χ3n) is 0.249. The lowest BCUT2D eigenvalue weighted by atomic mass is 10.8. The molecule has 0 bridgehead atoms. The van der Waals surface area contributed by atoms with Gasteiger partial charge in [0.15, 0.2) is 0 Å². The normalized spacial score (nSPS) is 9.18. The van der Waals surface area contributed by atoms with Gasteiger partial charge in [-0.05, 0) is 0 Å². The summed E-state index contributed by atoms with van der Waals surface area (Å²) in [6.07, 6.45) is 1.10. The van der Waals surface area contributed by atoms with E-state index in [1.54, 1.807) is 0 Å². The largest absolute Gasteiger partial charge is 0.668 e. The van der Waals surface area contributed by atoms with E-state index in [-0.39, 0.29) is 5.97 Å². The molecule has 0 fully saturated rings. The van der Waals surface area contributed by atoms with E-state index in [0.717, 1.165) is 6.26 Å². The quantitative estimate of drug-likeness (QED) is 0.214. The molecule has 0 radical (unpaired) electrons. The Balaban J connectivity index is 0. The van der Waals surface area contributed by atoms with Crippen LogP contribution in [0, 0.1) is 0 Å². The van der Waals surface area contributed by atoms with Crippen molar-refractivity contribution < 1.29 is 28.7 Å². The van der Waals surface area contributed by atoms with Crippen LogP contribution < -0.4 is 0 Å². The molecular formula is C4H10O6Si. The smallest absolute Gasteiger partial charge is 0.435 e. The van der Waals surface area contributed by atoms with Gasteiger partial charge in [0.05, 0.1) is 6.26 Å². The van der Waals surface area contributed by atoms with Crippen LogP contribution in [0.4, 0.5) is 0 Å². The zero-order valence-electron chi connectivity index (χ0n) is 5.89. The maximum absolute atomic E-state index is 9.75. The molecule has 11 heavy (non-hydrogen) atoms. The van der Waals surface area contributed by atoms with Gasteiger partial charge < -0.3 is 23.9 Å². The van der Waals surface area contributed by atoms with Crippen LogP contribution in [-0.2, 0) is 9.53 Å². The molecule has 7 heteroatoms. The first-order valence-electron chi connectivity index (χ1n) is 2.45. The summed E-state index contributed by atoms with van der Waals surface area (Å²) in [5.74, 6) is -0.329. The monoisotopic (exact) mass is 182 g/mol. The second-order valence-corrected chi connectivity index (χ2v) is 2.58. The van der Waals surface area contributed by atoms with Gasteiger partial charge in [0.1, 0.15) is 0 Å². The van der Waals surface area contributed by atoms with Crippen molar-refractivity contribution in [2.24, 2.45) is 0 Å². The lowest BCUT2D eigenvalue weighted by molar-refractivity contribution is -0.135. The Bertz CT molecular complexity index is 121. The van der Waals surface area contributed by atoms with Crippen molar-refractivity contribution in [3.63, 3.8) is 0 Å². The predicted octanol–water partition coefficient (Wildman–Crippen LogP) is -1.92. The van der Waals surface area contributed by atoms with Crippen molar-refractivity contribution in [3.8, 4) is 0 Å². The van der Waals surface area contributed by atoms with Crippen LogP contribution in [0.5, 0.6) is 0 Å². The molecule has 0 aromatic carbocycles. The number of esters is 1. The Morgan fingerprint density at radius 1 is 1.45 bits per heavy atom. The fraction of sp³-hybridized carbons (Fsp3) is 0.250. The standard InChI is InChI=1S/C4H6O2.H4O4Si/c1-3-6-4(2)5;1-5(2,3)4/h3H,1H2,2H3;1-4H. The Morgan fingerprint density at radius 3 is 1.73 bits per heavy atom. The predicted molar refractivity (Wildman–Crippen MR) is 36.6 cm³/mol. The van der Waals surface area contributed by atoms with E-state index in [0.29, 0.717) is 0 Å². The molecule has 0 amide bonds. The summed E-state index contributed by atoms with van der Waals surface area (Å²) in [5.41, 5.74) is 0. The van der Waals surface area contributed by atoms with E-state index in [1.165, 1.54) is 6.92 Å². The highest BCUT2D eigenvalue weighted by Gasteiger charge is 2.22. The van der Waals surface area contributed by atoms with E-state index in [9.17, 15) is 4.79 Å². The van der Waals surface area contributed by atoms with Crippen molar-refractivity contribution in [1.82, 2.24) is 0 Å². The van der Waals surface area contributed by atoms with Crippen LogP contribution >= 0.6 is 0 Å². The van der Waals surface area contributed by atoms with Crippen LogP contribution in [-0.4, -0.2) is 34.2 Å². The summed E-state index contributed by atoms with van der Waals surface area (Å²) >= 11 is 0. The van der Waals surface area contributed by atoms with Crippen LogP contribution in [0.3, 0.4) is 0 Å². The van der Waals surface area contributed by atoms with Gasteiger partial charge in [-0.3, -0.25) is 4.79 Å². The molecule has 0 saturated heterocycles. The zero-order chi connectivity index (χ0) is 9.49. The lowest BCUT2D eigenvalue weighted by Gasteiger charge is -1.91. The number of carbonyl (C=O) groups excluding carboxylic acids is 1. The van der Waals surface area contributed by atoms with Gasteiger partial charge in [-0.15, -0.1) is 0 Å². The minimum absolute atomic E-state index is 0.329. The average Bonchev–Trinajstić information content (AvgIpc) is 1.58. The van der Waals surface area contributed by atoms with Gasteiger partial charge in [0, 0.05) is 6.92 Å². The molecule has 0 aliphatic heterocycles. The van der Waals surface area contributed by atoms with Crippen molar-refractivity contribution in [2.75, 3.05) is 0 Å². The molecule has 0 spiro atoms. The highest BCUT2D eigenvalue weighted by Crippen LogP contribution is 1.70. The SMILES string of the molecule is C=COC(C)=O.O[Si](O)(O)O. The molecule has 0 rings (SSSR count). The number of hydrogen-bond acceptors (Lipinski definition) is 6. The maximum atomic E-state index is 9.75. The van der Waals surface area contributed by atoms with Gasteiger partial charge >= 0.3 is 15.0 Å². The zero-order valence-corrected chi connectivity index (χ0v) is 6.89. The summed E-state index contributed by atoms with van der Waals surface area (Å²) in [7, 11) is -4.61. The molecule has 0 aromatic heterocycles. The second kappa shape index (κ2) is 6.01. The molecule has 0 heterocycles. The molecule has 0 atom stereocenters. The summed E-state index contributed by atoms with van der Waals surface area (Å²) in [4.78, 5) is 39.1. The number of carbonyl (C=O) groups is 1. The van der Waals surface area contributed by atoms with Gasteiger partial charge in [-0.2, -0.15) is 0 Å². The number of rotatable bonds is 1. The Kier molecular flexibility index (Phi) is 7.05. The highest BCUT2D eigenvalue weighted by molar-refractivity contribution is 6.46. The van der Waals surface area contributed by atoms with Crippen LogP contribution in [0.15, 0.2) is 12.8 Å². The fourth-order valence-corrected chi connectivity index (χ4v) is 0.117. The Labute approximate surface area is 64.5 Å². The van der Waals surface area contributed by atoms with Crippen LogP contribution in [0.25, 0.3) is 0 Å². The lowest BCUT2D eigenvalue weighted by Crippen LogP contribution is -2.33. The molecule has 0 saturated carbocycles. The Hall–Kier alpha value is -0.733. The molecule has 0 aliphatic carbocycles. The molecule has 4 N–H and O–H groups in total. The number of ether oxygens (including phenoxy) is 1. The molecular weight excluding hydrogens is 172 g/mol. The first-order valence-corrected chi connectivity index (χ1v) is 4.24. The molecule has 0 aliphatic rings. The minimum atomic E-state index is -4.61. The van der Waals surface area contributed by atoms with Gasteiger partial charge in [-0.25, -0.2) is 0 Å². The van der Waals surface area contributed by atoms with Crippen LogP contribution in [0.2, 0.25) is 0 Å². The van der Waals surface area contributed by atoms with Gasteiger partial charge in [-0.1, -0.05) is 6.58 Å². The van der Waals surface area contributed by atoms with Crippen molar-refractivity contribution >= 4 is 15.0 Å². The minimum Gasteiger partial charge on any atom is -0.435 e. The first kappa shape index (κ1) is 12.9. The van der Waals surface area contributed by atoms with Crippen molar-refractivity contribution in [1.29, 1.82) is 0 Å². The second-order valence-electron chi connectivity index (χ2n) is 1.38. The molecule has 0 aromatic rings. The highest BCUT2D eigenvalue weighted by atomic mass is 28.4. The molecule has 66 valence electrons. The number of hydrogen-bond donors (Lipinski definition) is 4. The Morgan fingerprint density at radius 2 is 1.73 bits per heavy atom.